The molecule has 0 N–H and O–H groups in total. The highest BCUT2D eigenvalue weighted by atomic mass is 35.5. The van der Waals surface area contributed by atoms with E-state index in [0.29, 0.717) is 15.9 Å². The molecule has 1 unspecified atom stereocenters. The monoisotopic (exact) mass is 348 g/mol. The molecule has 119 valence electrons. The van der Waals surface area contributed by atoms with Gasteiger partial charge in [0.2, 0.25) is 5.88 Å². The minimum Gasteiger partial charge on any atom is -0.474 e. The van der Waals surface area contributed by atoms with Crippen LogP contribution in [-0.4, -0.2) is 20.7 Å². The lowest BCUT2D eigenvalue weighted by Crippen LogP contribution is -2.13. The fraction of sp³-hybridized carbons (Fsp3) is 0.235. The molecule has 2 heterocycles. The van der Waals surface area contributed by atoms with Gasteiger partial charge in [0, 0.05) is 16.7 Å². The molecule has 3 rings (SSSR count). The Labute approximate surface area is 145 Å². The van der Waals surface area contributed by atoms with Crippen molar-refractivity contribution in [2.45, 2.75) is 25.9 Å². The summed E-state index contributed by atoms with van der Waals surface area (Å²) in [7, 11) is 0. The lowest BCUT2D eigenvalue weighted by atomic mass is 10.2. The summed E-state index contributed by atoms with van der Waals surface area (Å²) >= 11 is 12.3. The zero-order valence-corrected chi connectivity index (χ0v) is 14.2. The van der Waals surface area contributed by atoms with Crippen LogP contribution in [0.15, 0.2) is 36.5 Å². The van der Waals surface area contributed by atoms with Crippen LogP contribution in [0.1, 0.15) is 19.8 Å². The number of halogens is 2. The molecule has 23 heavy (non-hydrogen) atoms. The van der Waals surface area contributed by atoms with Gasteiger partial charge in [-0.1, -0.05) is 30.1 Å². The van der Waals surface area contributed by atoms with Crippen LogP contribution < -0.4 is 4.74 Å². The fourth-order valence-corrected chi connectivity index (χ4v) is 2.86. The molecule has 1 radical (unpaired) electrons. The van der Waals surface area contributed by atoms with E-state index in [1.54, 1.807) is 22.8 Å². The molecule has 6 heteroatoms. The van der Waals surface area contributed by atoms with Crippen LogP contribution in [-0.2, 0) is 0 Å². The molecule has 0 saturated heterocycles. The van der Waals surface area contributed by atoms with E-state index < -0.39 is 0 Å². The maximum absolute atomic E-state index is 6.30. The number of hydrogen-bond donors (Lipinski definition) is 0. The van der Waals surface area contributed by atoms with Gasteiger partial charge in [0.1, 0.15) is 0 Å². The molecule has 0 amide bonds. The Morgan fingerprint density at radius 2 is 2.09 bits per heavy atom. The Morgan fingerprint density at radius 1 is 1.26 bits per heavy atom. The number of imidazole rings is 1. The minimum atomic E-state index is 0.0588. The first-order valence-electron chi connectivity index (χ1n) is 7.34. The predicted molar refractivity (Wildman–Crippen MR) is 93.1 cm³/mol. The van der Waals surface area contributed by atoms with Crippen LogP contribution >= 0.6 is 23.2 Å². The largest absolute Gasteiger partial charge is 0.474 e. The van der Waals surface area contributed by atoms with Crippen molar-refractivity contribution >= 4 is 28.8 Å². The quantitative estimate of drug-likeness (QED) is 0.644. The lowest BCUT2D eigenvalue weighted by Gasteiger charge is -2.13. The highest BCUT2D eigenvalue weighted by molar-refractivity contribution is 6.36. The average Bonchev–Trinajstić information content (AvgIpc) is 2.90. The molecule has 1 aromatic carbocycles. The van der Waals surface area contributed by atoms with Crippen molar-refractivity contribution < 1.29 is 4.74 Å². The third-order valence-corrected chi connectivity index (χ3v) is 4.03. The van der Waals surface area contributed by atoms with Gasteiger partial charge in [0.25, 0.3) is 0 Å². The van der Waals surface area contributed by atoms with Crippen LogP contribution in [0.3, 0.4) is 0 Å². The Bertz CT molecular complexity index is 832. The van der Waals surface area contributed by atoms with E-state index in [9.17, 15) is 0 Å². The van der Waals surface area contributed by atoms with Crippen LogP contribution in [0, 0.1) is 6.92 Å². The number of aromatic nitrogens is 3. The normalized spacial score (nSPS) is 12.5. The molecular formula is C17H16Cl2N3O. The third kappa shape index (κ3) is 3.43. The summed E-state index contributed by atoms with van der Waals surface area (Å²) in [6.45, 7) is 5.84. The van der Waals surface area contributed by atoms with E-state index in [0.717, 1.165) is 29.7 Å². The van der Waals surface area contributed by atoms with Gasteiger partial charge < -0.3 is 4.74 Å². The van der Waals surface area contributed by atoms with Crippen LogP contribution in [0.25, 0.3) is 16.9 Å². The first kappa shape index (κ1) is 16.1. The molecular weight excluding hydrogens is 333 g/mol. The number of benzene rings is 1. The molecule has 0 aliphatic heterocycles. The second kappa shape index (κ2) is 6.77. The van der Waals surface area contributed by atoms with Gasteiger partial charge in [0.05, 0.1) is 23.0 Å². The molecule has 0 saturated carbocycles. The van der Waals surface area contributed by atoms with Crippen molar-refractivity contribution in [2.75, 3.05) is 0 Å². The number of ether oxygens (including phenoxy) is 1. The second-order valence-electron chi connectivity index (χ2n) is 5.28. The summed E-state index contributed by atoms with van der Waals surface area (Å²) < 4.78 is 7.54. The molecule has 4 nitrogen and oxygen atoms in total. The topological polar surface area (TPSA) is 39.4 Å². The molecule has 0 aliphatic rings. The smallest absolute Gasteiger partial charge is 0.232 e. The maximum atomic E-state index is 6.30. The van der Waals surface area contributed by atoms with E-state index in [-0.39, 0.29) is 6.10 Å². The Balaban J connectivity index is 2.01. The van der Waals surface area contributed by atoms with Crippen molar-refractivity contribution in [3.63, 3.8) is 0 Å². The lowest BCUT2D eigenvalue weighted by molar-refractivity contribution is 0.201. The summed E-state index contributed by atoms with van der Waals surface area (Å²) in [5.74, 6) is 0.544. The van der Waals surface area contributed by atoms with Gasteiger partial charge in [-0.15, -0.1) is 5.10 Å². The van der Waals surface area contributed by atoms with E-state index in [1.165, 1.54) is 0 Å². The van der Waals surface area contributed by atoms with Crippen molar-refractivity contribution in [3.05, 3.63) is 53.5 Å². The molecule has 0 spiro atoms. The third-order valence-electron chi connectivity index (χ3n) is 3.48. The van der Waals surface area contributed by atoms with Gasteiger partial charge in [-0.3, -0.25) is 0 Å². The second-order valence-corrected chi connectivity index (χ2v) is 6.12. The zero-order chi connectivity index (χ0) is 16.4. The summed E-state index contributed by atoms with van der Waals surface area (Å²) in [4.78, 5) is 4.36. The summed E-state index contributed by atoms with van der Waals surface area (Å²) in [5, 5.41) is 5.66. The highest BCUT2D eigenvalue weighted by Gasteiger charge is 2.13. The van der Waals surface area contributed by atoms with E-state index in [4.69, 9.17) is 27.9 Å². The summed E-state index contributed by atoms with van der Waals surface area (Å²) in [6, 6.07) is 9.03. The van der Waals surface area contributed by atoms with Crippen molar-refractivity contribution in [2.24, 2.45) is 0 Å². The van der Waals surface area contributed by atoms with Crippen molar-refractivity contribution in [1.82, 2.24) is 14.6 Å². The van der Waals surface area contributed by atoms with Crippen LogP contribution in [0.2, 0.25) is 10.0 Å². The van der Waals surface area contributed by atoms with E-state index in [1.807, 2.05) is 25.1 Å². The molecule has 0 aliphatic carbocycles. The summed E-state index contributed by atoms with van der Waals surface area (Å²) in [5.41, 5.74) is 2.33. The minimum absolute atomic E-state index is 0.0588. The average molecular weight is 349 g/mol. The molecule has 3 aromatic rings. The molecule has 0 bridgehead atoms. The van der Waals surface area contributed by atoms with Gasteiger partial charge in [-0.25, -0.2) is 9.50 Å². The Kier molecular flexibility index (Phi) is 4.74. The standard InChI is InChI=1S/C17H16Cl2N3O/c1-3-4-11(2)23-17-8-7-16-20-10-15(22(16)21-17)13-6-5-12(18)9-14(13)19/h5-11H,1,3-4H2,2H3. The fourth-order valence-electron chi connectivity index (χ4n) is 2.35. The van der Waals surface area contributed by atoms with Gasteiger partial charge in [0.15, 0.2) is 5.65 Å². The number of rotatable bonds is 5. The predicted octanol–water partition coefficient (Wildman–Crippen LogP) is 5.08. The van der Waals surface area contributed by atoms with Gasteiger partial charge >= 0.3 is 0 Å². The molecule has 2 aromatic heterocycles. The van der Waals surface area contributed by atoms with Gasteiger partial charge in [-0.05, 0) is 44.0 Å². The van der Waals surface area contributed by atoms with E-state index in [2.05, 4.69) is 17.0 Å². The van der Waals surface area contributed by atoms with Crippen molar-refractivity contribution in [1.29, 1.82) is 0 Å². The molecule has 1 atom stereocenters. The summed E-state index contributed by atoms with van der Waals surface area (Å²) in [6.07, 6.45) is 3.49. The maximum Gasteiger partial charge on any atom is 0.232 e. The Hall–Kier alpha value is -1.78. The van der Waals surface area contributed by atoms with Crippen LogP contribution in [0.4, 0.5) is 0 Å². The SMILES string of the molecule is [CH2]CCC(C)Oc1ccc2ncc(-c3ccc(Cl)cc3Cl)n2n1. The number of fused-ring (bicyclic) bond motifs is 1. The molecule has 0 fully saturated rings. The number of hydrogen-bond acceptors (Lipinski definition) is 3. The van der Waals surface area contributed by atoms with E-state index >= 15 is 0 Å². The Morgan fingerprint density at radius 3 is 2.83 bits per heavy atom. The number of nitrogens with zero attached hydrogens (tertiary/aromatic N) is 3. The van der Waals surface area contributed by atoms with Crippen LogP contribution in [0.5, 0.6) is 5.88 Å². The zero-order valence-electron chi connectivity index (χ0n) is 12.7. The van der Waals surface area contributed by atoms with Gasteiger partial charge in [-0.2, -0.15) is 0 Å². The van der Waals surface area contributed by atoms with Crippen molar-refractivity contribution in [3.8, 4) is 17.1 Å². The highest BCUT2D eigenvalue weighted by Crippen LogP contribution is 2.30. The first-order chi connectivity index (χ1) is 11.1. The first-order valence-corrected chi connectivity index (χ1v) is 8.10.